The molecule has 1 fully saturated rings. The number of rotatable bonds is 4. The van der Waals surface area contributed by atoms with E-state index in [0.717, 1.165) is 17.0 Å². The molecule has 2 N–H and O–H groups in total. The van der Waals surface area contributed by atoms with Gasteiger partial charge in [0, 0.05) is 12.2 Å². The normalized spacial score (nSPS) is 16.7. The van der Waals surface area contributed by atoms with Crippen molar-refractivity contribution in [2.45, 2.75) is 0 Å². The van der Waals surface area contributed by atoms with Gasteiger partial charge in [-0.15, -0.1) is 0 Å². The number of nitrogens with zero attached hydrogens (tertiary/aromatic N) is 1. The minimum Gasteiger partial charge on any atom is -0.497 e. The van der Waals surface area contributed by atoms with Crippen LogP contribution >= 0.6 is 11.6 Å². The van der Waals surface area contributed by atoms with Gasteiger partial charge in [-0.05, 0) is 42.5 Å². The van der Waals surface area contributed by atoms with Gasteiger partial charge in [0.2, 0.25) is 11.8 Å². The van der Waals surface area contributed by atoms with Crippen molar-refractivity contribution >= 4 is 40.8 Å². The maximum Gasteiger partial charge on any atom is 0.328 e. The molecule has 1 aliphatic rings. The van der Waals surface area contributed by atoms with Gasteiger partial charge in [-0.25, -0.2) is 14.1 Å². The smallest absolute Gasteiger partial charge is 0.328 e. The van der Waals surface area contributed by atoms with Gasteiger partial charge in [0.1, 0.15) is 17.5 Å². The summed E-state index contributed by atoms with van der Waals surface area (Å²) in [5.41, 5.74) is 0.549. The van der Waals surface area contributed by atoms with Crippen LogP contribution in [0.5, 0.6) is 5.75 Å². The van der Waals surface area contributed by atoms with E-state index < -0.39 is 29.6 Å². The molecule has 1 saturated heterocycles. The summed E-state index contributed by atoms with van der Waals surface area (Å²) in [6.45, 7) is -0.148. The van der Waals surface area contributed by atoms with Crippen LogP contribution in [0.2, 0.25) is 5.02 Å². The summed E-state index contributed by atoms with van der Waals surface area (Å²) < 4.78 is 18.4. The number of nitrogens with one attached hydrogen (secondary N) is 2. The van der Waals surface area contributed by atoms with Crippen molar-refractivity contribution in [3.63, 3.8) is 0 Å². The molecule has 7 nitrogen and oxygen atoms in total. The number of carbonyl (C=O) groups excluding carboxylic acids is 3. The molecule has 0 spiro atoms. The fraction of sp³-hybridized carbons (Fsp3) is 0.167. The Bertz CT molecular complexity index is 904. The third-order valence-electron chi connectivity index (χ3n) is 4.01. The Morgan fingerprint density at radius 3 is 2.59 bits per heavy atom. The maximum atomic E-state index is 13.4. The van der Waals surface area contributed by atoms with Gasteiger partial charge >= 0.3 is 6.03 Å². The average molecular weight is 392 g/mol. The zero-order valence-corrected chi connectivity index (χ0v) is 14.9. The highest BCUT2D eigenvalue weighted by atomic mass is 35.5. The standard InChI is InChI=1S/C18H15ClFN3O4/c1-27-12-5-2-10(3-6-12)22-16(24)13-9-21-18(26)23(17(13)25)11-4-7-15(20)14(19)8-11/h2-8,13H,9H2,1H3,(H,21,26)(H,22,24). The summed E-state index contributed by atoms with van der Waals surface area (Å²) in [4.78, 5) is 38.1. The summed E-state index contributed by atoms with van der Waals surface area (Å²) in [5, 5.41) is 4.86. The predicted octanol–water partition coefficient (Wildman–Crippen LogP) is 2.80. The fourth-order valence-corrected chi connectivity index (χ4v) is 2.76. The van der Waals surface area contributed by atoms with E-state index >= 15 is 0 Å². The highest BCUT2D eigenvalue weighted by molar-refractivity contribution is 6.31. The molecule has 1 heterocycles. The Morgan fingerprint density at radius 1 is 1.26 bits per heavy atom. The van der Waals surface area contributed by atoms with Crippen molar-refractivity contribution in [1.82, 2.24) is 5.32 Å². The SMILES string of the molecule is COc1ccc(NC(=O)C2CNC(=O)N(c3ccc(F)c(Cl)c3)C2=O)cc1. The Labute approximate surface area is 159 Å². The number of methoxy groups -OCH3 is 1. The molecule has 1 aliphatic heterocycles. The van der Waals surface area contributed by atoms with Gasteiger partial charge in [0.05, 0.1) is 17.8 Å². The van der Waals surface area contributed by atoms with E-state index in [2.05, 4.69) is 10.6 Å². The molecule has 0 aromatic heterocycles. The Balaban J connectivity index is 1.79. The van der Waals surface area contributed by atoms with E-state index in [9.17, 15) is 18.8 Å². The molecule has 3 rings (SSSR count). The molecule has 0 saturated carbocycles. The average Bonchev–Trinajstić information content (AvgIpc) is 2.65. The van der Waals surface area contributed by atoms with E-state index in [1.807, 2.05) is 0 Å². The van der Waals surface area contributed by atoms with Gasteiger partial charge in [-0.3, -0.25) is 9.59 Å². The van der Waals surface area contributed by atoms with Gasteiger partial charge in [-0.2, -0.15) is 0 Å². The van der Waals surface area contributed by atoms with Crippen molar-refractivity contribution in [3.8, 4) is 5.75 Å². The first kappa shape index (κ1) is 18.7. The fourth-order valence-electron chi connectivity index (χ4n) is 2.59. The Kier molecular flexibility index (Phi) is 5.27. The second-order valence-electron chi connectivity index (χ2n) is 5.73. The second kappa shape index (κ2) is 7.63. The predicted molar refractivity (Wildman–Crippen MR) is 97.4 cm³/mol. The first-order valence-electron chi connectivity index (χ1n) is 7.92. The molecule has 0 bridgehead atoms. The highest BCUT2D eigenvalue weighted by Crippen LogP contribution is 2.26. The molecule has 1 unspecified atom stereocenters. The van der Waals surface area contributed by atoms with E-state index in [4.69, 9.17) is 16.3 Å². The number of hydrogen-bond donors (Lipinski definition) is 2. The minimum absolute atomic E-state index is 0.0749. The second-order valence-corrected chi connectivity index (χ2v) is 6.14. The molecule has 2 aromatic carbocycles. The van der Waals surface area contributed by atoms with Gasteiger partial charge in [0.25, 0.3) is 0 Å². The quantitative estimate of drug-likeness (QED) is 0.784. The lowest BCUT2D eigenvalue weighted by atomic mass is 10.0. The van der Waals surface area contributed by atoms with Crippen LogP contribution in [0.3, 0.4) is 0 Å². The molecule has 0 radical (unpaired) electrons. The van der Waals surface area contributed by atoms with E-state index in [1.165, 1.54) is 13.2 Å². The number of benzene rings is 2. The molecule has 4 amide bonds. The molecule has 1 atom stereocenters. The van der Waals surface area contributed by atoms with Crippen LogP contribution in [0.25, 0.3) is 0 Å². The summed E-state index contributed by atoms with van der Waals surface area (Å²) in [6, 6.07) is 9.29. The molecule has 27 heavy (non-hydrogen) atoms. The van der Waals surface area contributed by atoms with Crippen molar-refractivity contribution < 1.29 is 23.5 Å². The number of halogens is 2. The van der Waals surface area contributed by atoms with Crippen molar-refractivity contribution in [2.75, 3.05) is 23.9 Å². The van der Waals surface area contributed by atoms with Crippen LogP contribution in [0.1, 0.15) is 0 Å². The monoisotopic (exact) mass is 391 g/mol. The van der Waals surface area contributed by atoms with Gasteiger partial charge in [-0.1, -0.05) is 11.6 Å². The highest BCUT2D eigenvalue weighted by Gasteiger charge is 2.39. The summed E-state index contributed by atoms with van der Waals surface area (Å²) in [7, 11) is 1.52. The molecule has 0 aliphatic carbocycles. The number of amides is 4. The lowest BCUT2D eigenvalue weighted by molar-refractivity contribution is -0.130. The Morgan fingerprint density at radius 2 is 1.96 bits per heavy atom. The van der Waals surface area contributed by atoms with Crippen molar-refractivity contribution in [2.24, 2.45) is 5.92 Å². The van der Waals surface area contributed by atoms with E-state index in [1.54, 1.807) is 24.3 Å². The molecule has 140 valence electrons. The van der Waals surface area contributed by atoms with Gasteiger partial charge in [0.15, 0.2) is 0 Å². The number of imide groups is 1. The van der Waals surface area contributed by atoms with E-state index in [0.29, 0.717) is 11.4 Å². The largest absolute Gasteiger partial charge is 0.497 e. The number of hydrogen-bond acceptors (Lipinski definition) is 4. The van der Waals surface area contributed by atoms with Crippen LogP contribution < -0.4 is 20.3 Å². The number of anilines is 2. The minimum atomic E-state index is -1.14. The molecule has 2 aromatic rings. The number of ether oxygens (including phenoxy) is 1. The summed E-state index contributed by atoms with van der Waals surface area (Å²) >= 11 is 5.73. The maximum absolute atomic E-state index is 13.4. The van der Waals surface area contributed by atoms with Crippen LogP contribution in [-0.4, -0.2) is 31.5 Å². The zero-order chi connectivity index (χ0) is 19.6. The molecule has 9 heteroatoms. The third kappa shape index (κ3) is 3.85. The lowest BCUT2D eigenvalue weighted by Gasteiger charge is -2.30. The zero-order valence-electron chi connectivity index (χ0n) is 14.2. The van der Waals surface area contributed by atoms with Crippen LogP contribution in [0.4, 0.5) is 20.6 Å². The molecular formula is C18H15ClFN3O4. The lowest BCUT2D eigenvalue weighted by Crippen LogP contribution is -2.58. The third-order valence-corrected chi connectivity index (χ3v) is 4.30. The topological polar surface area (TPSA) is 87.7 Å². The van der Waals surface area contributed by atoms with E-state index in [-0.39, 0.29) is 17.3 Å². The summed E-state index contributed by atoms with van der Waals surface area (Å²) in [5.74, 6) is -2.52. The number of carbonyl (C=O) groups is 3. The van der Waals surface area contributed by atoms with Crippen LogP contribution in [0.15, 0.2) is 42.5 Å². The first-order valence-corrected chi connectivity index (χ1v) is 8.30. The number of urea groups is 1. The van der Waals surface area contributed by atoms with Crippen LogP contribution in [-0.2, 0) is 9.59 Å². The van der Waals surface area contributed by atoms with Crippen molar-refractivity contribution in [3.05, 3.63) is 53.3 Å². The van der Waals surface area contributed by atoms with Crippen molar-refractivity contribution in [1.29, 1.82) is 0 Å². The molecular weight excluding hydrogens is 377 g/mol. The first-order chi connectivity index (χ1) is 12.9. The Hall–Kier alpha value is -3.13. The van der Waals surface area contributed by atoms with Crippen LogP contribution in [0, 0.1) is 11.7 Å². The van der Waals surface area contributed by atoms with Gasteiger partial charge < -0.3 is 15.4 Å². The summed E-state index contributed by atoms with van der Waals surface area (Å²) in [6.07, 6.45) is 0.